The van der Waals surface area contributed by atoms with Crippen molar-refractivity contribution in [2.45, 2.75) is 39.2 Å². The minimum atomic E-state index is 0.245. The molecule has 0 aliphatic rings. The summed E-state index contributed by atoms with van der Waals surface area (Å²) in [5.74, 6) is 1.77. The van der Waals surface area contributed by atoms with Crippen LogP contribution in [0.2, 0.25) is 0 Å². The van der Waals surface area contributed by atoms with Gasteiger partial charge in [-0.25, -0.2) is 0 Å². The van der Waals surface area contributed by atoms with Gasteiger partial charge in [-0.3, -0.25) is 0 Å². The molecule has 1 N–H and O–H groups in total. The quantitative estimate of drug-likeness (QED) is 0.683. The van der Waals surface area contributed by atoms with E-state index >= 15 is 0 Å². The lowest BCUT2D eigenvalue weighted by atomic mass is 10.2. The van der Waals surface area contributed by atoms with Crippen LogP contribution < -0.4 is 14.8 Å². The molecule has 1 aromatic rings. The van der Waals surface area contributed by atoms with E-state index in [1.807, 2.05) is 24.3 Å². The zero-order valence-corrected chi connectivity index (χ0v) is 11.7. The van der Waals surface area contributed by atoms with Gasteiger partial charge in [0.2, 0.25) is 0 Å². The molecule has 0 radical (unpaired) electrons. The van der Waals surface area contributed by atoms with Crippen LogP contribution in [0.15, 0.2) is 24.3 Å². The molecule has 1 rings (SSSR count). The Bertz CT molecular complexity index is 311. The summed E-state index contributed by atoms with van der Waals surface area (Å²) < 4.78 is 11.1. The number of hydrogen-bond acceptors (Lipinski definition) is 3. The summed E-state index contributed by atoms with van der Waals surface area (Å²) in [6.07, 6.45) is 3.61. The fraction of sp³-hybridized carbons (Fsp3) is 0.600. The number of nitrogens with one attached hydrogen (secondary N) is 1. The second-order valence-corrected chi connectivity index (χ2v) is 4.41. The van der Waals surface area contributed by atoms with Gasteiger partial charge < -0.3 is 14.8 Å². The monoisotopic (exact) mass is 251 g/mol. The van der Waals surface area contributed by atoms with Gasteiger partial charge in [-0.1, -0.05) is 20.3 Å². The molecule has 1 aromatic carbocycles. The van der Waals surface area contributed by atoms with Gasteiger partial charge in [0.1, 0.15) is 17.6 Å². The Morgan fingerprint density at radius 1 is 1.06 bits per heavy atom. The summed E-state index contributed by atoms with van der Waals surface area (Å²) >= 11 is 0. The van der Waals surface area contributed by atoms with Gasteiger partial charge in [0.05, 0.1) is 7.11 Å². The summed E-state index contributed by atoms with van der Waals surface area (Å²) in [6.45, 7) is 6.32. The lowest BCUT2D eigenvalue weighted by molar-refractivity contribution is 0.186. The number of hydrogen-bond donors (Lipinski definition) is 1. The van der Waals surface area contributed by atoms with Crippen LogP contribution in [0.25, 0.3) is 0 Å². The van der Waals surface area contributed by atoms with E-state index in [4.69, 9.17) is 9.47 Å². The molecule has 1 atom stereocenters. The van der Waals surface area contributed by atoms with Crippen molar-refractivity contribution in [3.8, 4) is 11.5 Å². The number of ether oxygens (including phenoxy) is 2. The van der Waals surface area contributed by atoms with Crippen LogP contribution in [0.5, 0.6) is 11.5 Å². The molecule has 0 amide bonds. The first kappa shape index (κ1) is 14.8. The largest absolute Gasteiger partial charge is 0.497 e. The maximum atomic E-state index is 5.98. The predicted molar refractivity (Wildman–Crippen MR) is 75.5 cm³/mol. The van der Waals surface area contributed by atoms with Gasteiger partial charge in [-0.2, -0.15) is 0 Å². The molecular weight excluding hydrogens is 226 g/mol. The van der Waals surface area contributed by atoms with Crippen molar-refractivity contribution in [3.63, 3.8) is 0 Å². The topological polar surface area (TPSA) is 30.5 Å². The third kappa shape index (κ3) is 5.41. The van der Waals surface area contributed by atoms with Gasteiger partial charge in [0.25, 0.3) is 0 Å². The van der Waals surface area contributed by atoms with Gasteiger partial charge in [0, 0.05) is 6.54 Å². The molecule has 0 aromatic heterocycles. The zero-order chi connectivity index (χ0) is 13.2. The summed E-state index contributed by atoms with van der Waals surface area (Å²) in [5, 5.41) is 3.41. The van der Waals surface area contributed by atoms with E-state index in [1.54, 1.807) is 7.11 Å². The molecule has 3 nitrogen and oxygen atoms in total. The van der Waals surface area contributed by atoms with Gasteiger partial charge >= 0.3 is 0 Å². The first-order valence-electron chi connectivity index (χ1n) is 6.81. The van der Waals surface area contributed by atoms with Gasteiger partial charge in [-0.15, -0.1) is 0 Å². The third-order valence-electron chi connectivity index (χ3n) is 2.77. The highest BCUT2D eigenvalue weighted by atomic mass is 16.5. The van der Waals surface area contributed by atoms with E-state index < -0.39 is 0 Å². The minimum absolute atomic E-state index is 0.245. The molecular formula is C15H25NO2. The van der Waals surface area contributed by atoms with E-state index in [-0.39, 0.29) is 6.10 Å². The number of rotatable bonds is 9. The minimum Gasteiger partial charge on any atom is -0.497 e. The van der Waals surface area contributed by atoms with Crippen molar-refractivity contribution in [1.29, 1.82) is 0 Å². The van der Waals surface area contributed by atoms with Gasteiger partial charge in [0.15, 0.2) is 0 Å². The van der Waals surface area contributed by atoms with E-state index in [0.717, 1.165) is 43.9 Å². The van der Waals surface area contributed by atoms with E-state index in [9.17, 15) is 0 Å². The molecule has 3 heteroatoms. The first-order valence-corrected chi connectivity index (χ1v) is 6.81. The molecule has 0 aliphatic carbocycles. The van der Waals surface area contributed by atoms with Crippen LogP contribution in [0.1, 0.15) is 33.1 Å². The van der Waals surface area contributed by atoms with E-state index in [1.165, 1.54) is 0 Å². The highest BCUT2D eigenvalue weighted by Crippen LogP contribution is 2.19. The summed E-state index contributed by atoms with van der Waals surface area (Å²) in [5.41, 5.74) is 0. The van der Waals surface area contributed by atoms with Crippen molar-refractivity contribution in [3.05, 3.63) is 24.3 Å². The first-order chi connectivity index (χ1) is 8.80. The molecule has 0 saturated heterocycles. The Morgan fingerprint density at radius 2 is 1.72 bits per heavy atom. The maximum absolute atomic E-state index is 5.98. The third-order valence-corrected chi connectivity index (χ3v) is 2.77. The molecule has 0 aliphatic heterocycles. The smallest absolute Gasteiger partial charge is 0.120 e. The standard InChI is InChI=1S/C15H25NO2/c1-4-6-15(12-16-11-5-2)18-14-9-7-13(17-3)8-10-14/h7-10,15-16H,4-6,11-12H2,1-3H3. The Hall–Kier alpha value is -1.22. The van der Waals surface area contributed by atoms with Crippen LogP contribution in [-0.2, 0) is 0 Å². The predicted octanol–water partition coefficient (Wildman–Crippen LogP) is 3.24. The Kier molecular flexibility index (Phi) is 7.26. The lowest BCUT2D eigenvalue weighted by Gasteiger charge is -2.19. The molecule has 0 saturated carbocycles. The fourth-order valence-electron chi connectivity index (χ4n) is 1.81. The molecule has 0 spiro atoms. The summed E-state index contributed by atoms with van der Waals surface area (Å²) in [7, 11) is 1.67. The highest BCUT2D eigenvalue weighted by molar-refractivity contribution is 5.31. The van der Waals surface area contributed by atoms with E-state index in [2.05, 4.69) is 19.2 Å². The van der Waals surface area contributed by atoms with Crippen molar-refractivity contribution in [2.75, 3.05) is 20.2 Å². The van der Waals surface area contributed by atoms with Gasteiger partial charge in [-0.05, 0) is 43.7 Å². The molecule has 0 heterocycles. The molecule has 1 unspecified atom stereocenters. The fourth-order valence-corrected chi connectivity index (χ4v) is 1.81. The number of methoxy groups -OCH3 is 1. The van der Waals surface area contributed by atoms with Crippen LogP contribution in [0.4, 0.5) is 0 Å². The zero-order valence-electron chi connectivity index (χ0n) is 11.7. The normalized spacial score (nSPS) is 12.2. The van der Waals surface area contributed by atoms with Crippen LogP contribution >= 0.6 is 0 Å². The number of benzene rings is 1. The van der Waals surface area contributed by atoms with Crippen LogP contribution in [-0.4, -0.2) is 26.3 Å². The highest BCUT2D eigenvalue weighted by Gasteiger charge is 2.09. The second-order valence-electron chi connectivity index (χ2n) is 4.41. The lowest BCUT2D eigenvalue weighted by Crippen LogP contribution is -2.31. The van der Waals surface area contributed by atoms with Crippen molar-refractivity contribution >= 4 is 0 Å². The Morgan fingerprint density at radius 3 is 2.28 bits per heavy atom. The SMILES string of the molecule is CCCNCC(CCC)Oc1ccc(OC)cc1. The average molecular weight is 251 g/mol. The second kappa shape index (κ2) is 8.81. The summed E-state index contributed by atoms with van der Waals surface area (Å²) in [4.78, 5) is 0. The van der Waals surface area contributed by atoms with Crippen molar-refractivity contribution < 1.29 is 9.47 Å². The molecule has 18 heavy (non-hydrogen) atoms. The van der Waals surface area contributed by atoms with Crippen molar-refractivity contribution in [2.24, 2.45) is 0 Å². The van der Waals surface area contributed by atoms with Crippen molar-refractivity contribution in [1.82, 2.24) is 5.32 Å². The van der Waals surface area contributed by atoms with Crippen LogP contribution in [0, 0.1) is 0 Å². The maximum Gasteiger partial charge on any atom is 0.120 e. The molecule has 0 bridgehead atoms. The molecule has 0 fully saturated rings. The van der Waals surface area contributed by atoms with E-state index in [0.29, 0.717) is 0 Å². The summed E-state index contributed by atoms with van der Waals surface area (Å²) in [6, 6.07) is 7.78. The Labute approximate surface area is 110 Å². The Balaban J connectivity index is 2.47. The average Bonchev–Trinajstić information content (AvgIpc) is 2.40. The molecule has 102 valence electrons. The van der Waals surface area contributed by atoms with Crippen LogP contribution in [0.3, 0.4) is 0 Å².